The molecule has 11 rings (SSSR count). The highest BCUT2D eigenvalue weighted by Crippen LogP contribution is 2.42. The van der Waals surface area contributed by atoms with Crippen LogP contribution in [0.25, 0.3) is 88.6 Å². The van der Waals surface area contributed by atoms with E-state index in [0.29, 0.717) is 27.9 Å². The fraction of sp³-hybridized carbons (Fsp3) is 0. The summed E-state index contributed by atoms with van der Waals surface area (Å²) in [6.45, 7) is 0. The Morgan fingerprint density at radius 3 is 2.07 bits per heavy atom. The Bertz CT molecular complexity index is 3550. The van der Waals surface area contributed by atoms with E-state index in [-0.39, 0.29) is 69.1 Å². The first-order valence-electron chi connectivity index (χ1n) is 20.9. The van der Waals surface area contributed by atoms with E-state index in [2.05, 4.69) is 29.2 Å². The Hall–Kier alpha value is -7.50. The third kappa shape index (κ3) is 5.17. The number of fused-ring (bicyclic) bond motifs is 7. The molecule has 5 heteroatoms. The highest BCUT2D eigenvalue weighted by molar-refractivity contribution is 6.14. The summed E-state index contributed by atoms with van der Waals surface area (Å²) in [5, 5.41) is 3.12. The smallest absolute Gasteiger partial charge is 0.180 e. The van der Waals surface area contributed by atoms with E-state index in [0.717, 1.165) is 38.8 Å². The van der Waals surface area contributed by atoms with Crippen LogP contribution in [0.15, 0.2) is 197 Å². The highest BCUT2D eigenvalue weighted by Gasteiger charge is 2.21. The van der Waals surface area contributed by atoms with Gasteiger partial charge < -0.3 is 13.7 Å². The van der Waals surface area contributed by atoms with Crippen LogP contribution >= 0.6 is 0 Å². The van der Waals surface area contributed by atoms with Crippen LogP contribution in [-0.4, -0.2) is 9.97 Å². The van der Waals surface area contributed by atoms with Crippen molar-refractivity contribution in [2.45, 2.75) is 0 Å². The minimum Gasteiger partial charge on any atom is -0.456 e. The summed E-state index contributed by atoms with van der Waals surface area (Å²) in [5.74, 6) is 0.0652. The van der Waals surface area contributed by atoms with E-state index < -0.39 is 6.04 Å². The number of hydrogen-bond acceptors (Lipinski definition) is 5. The van der Waals surface area contributed by atoms with E-state index in [4.69, 9.17) is 21.5 Å². The summed E-state index contributed by atoms with van der Waals surface area (Å²) in [6.07, 6.45) is 0. The van der Waals surface area contributed by atoms with E-state index in [1.54, 1.807) is 0 Å². The molecule has 0 saturated carbocycles. The largest absolute Gasteiger partial charge is 0.456 e. The molecule has 0 amide bonds. The molecule has 258 valence electrons. The highest BCUT2D eigenvalue weighted by atomic mass is 16.3. The van der Waals surface area contributed by atoms with Gasteiger partial charge in [-0.2, -0.15) is 0 Å². The monoisotopic (exact) mass is 711 g/mol. The van der Waals surface area contributed by atoms with Crippen LogP contribution in [0, 0.1) is 0 Å². The van der Waals surface area contributed by atoms with Crippen molar-refractivity contribution in [3.8, 4) is 33.8 Å². The van der Waals surface area contributed by atoms with Crippen molar-refractivity contribution in [2.24, 2.45) is 0 Å². The van der Waals surface area contributed by atoms with Crippen LogP contribution in [0.1, 0.15) is 8.22 Å². The molecule has 3 heterocycles. The Labute approximate surface area is 324 Å². The summed E-state index contributed by atoms with van der Waals surface area (Å²) >= 11 is 0. The zero-order valence-corrected chi connectivity index (χ0v) is 29.1. The van der Waals surface area contributed by atoms with Crippen LogP contribution in [-0.2, 0) is 0 Å². The molecular formula is C50H31N3O2. The molecule has 8 aromatic carbocycles. The molecule has 3 aromatic heterocycles. The molecule has 5 nitrogen and oxygen atoms in total. The lowest BCUT2D eigenvalue weighted by Gasteiger charge is -2.27. The Morgan fingerprint density at radius 1 is 0.491 bits per heavy atom. The fourth-order valence-electron chi connectivity index (χ4n) is 7.44. The van der Waals surface area contributed by atoms with Crippen molar-refractivity contribution in [1.82, 2.24) is 9.97 Å². The molecule has 0 aliphatic rings. The first-order valence-corrected chi connectivity index (χ1v) is 17.9. The molecule has 0 atom stereocenters. The minimum atomic E-state index is -0.419. The van der Waals surface area contributed by atoms with Gasteiger partial charge >= 0.3 is 0 Å². The molecule has 0 radical (unpaired) electrons. The molecule has 0 bridgehead atoms. The third-order valence-corrected chi connectivity index (χ3v) is 10.00. The predicted molar refractivity (Wildman–Crippen MR) is 225 cm³/mol. The zero-order chi connectivity index (χ0) is 41.5. The SMILES string of the molecule is [2H]c1c([2H])c(-c2nc(-c3ccccc3)c3oc4ccccc4c3n2)c2c(oc3c([2H])c(-c4ccc(N(c5ccccc5)c5cccc6ccccc56)cc4)c([2H])c([2H])c32)c1[2H]. The van der Waals surface area contributed by atoms with Crippen LogP contribution in [0.4, 0.5) is 17.1 Å². The quantitative estimate of drug-likeness (QED) is 0.172. The summed E-state index contributed by atoms with van der Waals surface area (Å²) in [6, 6.07) is 47.2. The molecule has 11 aromatic rings. The van der Waals surface area contributed by atoms with Crippen LogP contribution < -0.4 is 4.90 Å². The van der Waals surface area contributed by atoms with Gasteiger partial charge in [0.2, 0.25) is 0 Å². The molecular weight excluding hydrogens is 675 g/mol. The second kappa shape index (κ2) is 12.6. The summed E-state index contributed by atoms with van der Waals surface area (Å²) in [4.78, 5) is 12.1. The van der Waals surface area contributed by atoms with Gasteiger partial charge in [-0.25, -0.2) is 9.97 Å². The molecule has 0 spiro atoms. The van der Waals surface area contributed by atoms with Crippen molar-refractivity contribution >= 4 is 71.8 Å². The molecule has 0 aliphatic heterocycles. The molecule has 0 fully saturated rings. The summed E-state index contributed by atoms with van der Waals surface area (Å²) in [7, 11) is 0. The van der Waals surface area contributed by atoms with Crippen molar-refractivity contribution in [1.29, 1.82) is 0 Å². The molecule has 0 unspecified atom stereocenters. The van der Waals surface area contributed by atoms with Crippen molar-refractivity contribution < 1.29 is 17.1 Å². The van der Waals surface area contributed by atoms with Crippen LogP contribution in [0.3, 0.4) is 0 Å². The molecule has 0 saturated heterocycles. The second-order valence-electron chi connectivity index (χ2n) is 13.3. The number of benzene rings is 8. The van der Waals surface area contributed by atoms with Crippen LogP contribution in [0.2, 0.25) is 0 Å². The first kappa shape index (κ1) is 25.5. The minimum absolute atomic E-state index is 0.0328. The maximum atomic E-state index is 9.52. The summed E-state index contributed by atoms with van der Waals surface area (Å²) in [5.41, 5.74) is 6.19. The molecule has 55 heavy (non-hydrogen) atoms. The van der Waals surface area contributed by atoms with Gasteiger partial charge in [-0.15, -0.1) is 0 Å². The Kier molecular flexibility index (Phi) is 5.82. The van der Waals surface area contributed by atoms with Crippen LogP contribution in [0.5, 0.6) is 0 Å². The normalized spacial score (nSPS) is 13.2. The van der Waals surface area contributed by atoms with E-state index in [1.807, 2.05) is 127 Å². The maximum absolute atomic E-state index is 9.52. The number of aromatic nitrogens is 2. The number of nitrogens with zero attached hydrogens (tertiary/aromatic N) is 3. The van der Waals surface area contributed by atoms with Crippen molar-refractivity contribution in [3.05, 3.63) is 188 Å². The van der Waals surface area contributed by atoms with Crippen molar-refractivity contribution in [3.63, 3.8) is 0 Å². The molecule has 0 aliphatic carbocycles. The first-order chi connectivity index (χ1) is 29.8. The third-order valence-electron chi connectivity index (χ3n) is 10.00. The Balaban J connectivity index is 1.11. The number of para-hydroxylation sites is 2. The van der Waals surface area contributed by atoms with E-state index >= 15 is 0 Å². The van der Waals surface area contributed by atoms with Gasteiger partial charge in [0.1, 0.15) is 28.0 Å². The number of rotatable bonds is 6. The van der Waals surface area contributed by atoms with Gasteiger partial charge in [-0.05, 0) is 77.1 Å². The van der Waals surface area contributed by atoms with Gasteiger partial charge in [0.05, 0.1) is 13.9 Å². The number of hydrogen-bond donors (Lipinski definition) is 0. The lowest BCUT2D eigenvalue weighted by Crippen LogP contribution is -2.10. The van der Waals surface area contributed by atoms with Gasteiger partial charge in [-0.3, -0.25) is 0 Å². The van der Waals surface area contributed by atoms with Gasteiger partial charge in [-0.1, -0.05) is 127 Å². The maximum Gasteiger partial charge on any atom is 0.180 e. The number of anilines is 3. The zero-order valence-electron chi connectivity index (χ0n) is 35.1. The van der Waals surface area contributed by atoms with Gasteiger partial charge in [0, 0.05) is 44.0 Å². The van der Waals surface area contributed by atoms with E-state index in [1.165, 1.54) is 0 Å². The molecule has 0 N–H and O–H groups in total. The fourth-order valence-corrected chi connectivity index (χ4v) is 7.44. The Morgan fingerprint density at radius 2 is 1.22 bits per heavy atom. The topological polar surface area (TPSA) is 55.3 Å². The number of furan rings is 2. The summed E-state index contributed by atoms with van der Waals surface area (Å²) < 4.78 is 68.1. The van der Waals surface area contributed by atoms with E-state index in [9.17, 15) is 5.48 Å². The van der Waals surface area contributed by atoms with Gasteiger partial charge in [0.15, 0.2) is 11.4 Å². The lowest BCUT2D eigenvalue weighted by molar-refractivity contribution is 0.667. The predicted octanol–water partition coefficient (Wildman–Crippen LogP) is 13.9. The van der Waals surface area contributed by atoms with Crippen molar-refractivity contribution in [2.75, 3.05) is 4.90 Å². The lowest BCUT2D eigenvalue weighted by atomic mass is 10.0. The van der Waals surface area contributed by atoms with Gasteiger partial charge in [0.25, 0.3) is 0 Å². The average molecular weight is 712 g/mol. The standard InChI is InChI=1S/C50H31N3O2/c1-3-14-34(15-4-1)47-49-48(40-20-9-10-23-43(40)55-49)52-50(51-47)41-21-12-24-44-46(41)39-30-27-35(31-45(39)54-44)32-25-28-37(29-26-32)53(36-17-5-2-6-18-36)42-22-11-16-33-13-7-8-19-38(33)42/h1-31H/i12D,21D,24D,27D,30D,31D. The average Bonchev–Trinajstić information content (AvgIpc) is 3.89. The second-order valence-corrected chi connectivity index (χ2v) is 13.3.